The van der Waals surface area contributed by atoms with Gasteiger partial charge < -0.3 is 9.84 Å². The van der Waals surface area contributed by atoms with E-state index >= 15 is 0 Å². The molecule has 0 bridgehead atoms. The molecule has 20 heavy (non-hydrogen) atoms. The summed E-state index contributed by atoms with van der Waals surface area (Å²) >= 11 is 0. The van der Waals surface area contributed by atoms with Crippen molar-refractivity contribution in [3.63, 3.8) is 0 Å². The third-order valence-electron chi connectivity index (χ3n) is 2.49. The van der Waals surface area contributed by atoms with Gasteiger partial charge in [0.1, 0.15) is 17.9 Å². The Morgan fingerprint density at radius 2 is 2.15 bits per heavy atom. The Morgan fingerprint density at radius 1 is 1.40 bits per heavy atom. The van der Waals surface area contributed by atoms with Crippen molar-refractivity contribution in [2.45, 2.75) is 12.8 Å². The Morgan fingerprint density at radius 3 is 2.80 bits per heavy atom. The molecule has 0 atom stereocenters. The normalized spacial score (nSPS) is 11.3. The number of carboxylic acid groups (broad SMARTS) is 1. The molecule has 8 heteroatoms. The third-order valence-corrected chi connectivity index (χ3v) is 2.49. The van der Waals surface area contributed by atoms with Gasteiger partial charge in [-0.25, -0.2) is 4.79 Å². The molecule has 5 nitrogen and oxygen atoms in total. The van der Waals surface area contributed by atoms with Gasteiger partial charge in [0.25, 0.3) is 0 Å². The number of carbonyl (C=O) groups is 1. The molecule has 0 unspecified atom stereocenters. The van der Waals surface area contributed by atoms with Gasteiger partial charge in [0.15, 0.2) is 0 Å². The molecular weight excluding hydrogens is 277 g/mol. The van der Waals surface area contributed by atoms with Crippen molar-refractivity contribution in [3.8, 4) is 5.75 Å². The van der Waals surface area contributed by atoms with Crippen molar-refractivity contribution < 1.29 is 27.8 Å². The van der Waals surface area contributed by atoms with Crippen molar-refractivity contribution in [1.29, 1.82) is 0 Å². The van der Waals surface area contributed by atoms with Gasteiger partial charge in [-0.15, -0.1) is 0 Å². The molecule has 0 aliphatic rings. The van der Waals surface area contributed by atoms with Crippen LogP contribution in [0.15, 0.2) is 30.5 Å². The first-order valence-corrected chi connectivity index (χ1v) is 5.43. The molecule has 0 amide bonds. The average molecular weight is 286 g/mol. The first-order valence-electron chi connectivity index (χ1n) is 5.43. The molecule has 1 heterocycles. The number of halogens is 3. The number of ether oxygens (including phenoxy) is 1. The highest BCUT2D eigenvalue weighted by Gasteiger charge is 2.30. The predicted molar refractivity (Wildman–Crippen MR) is 61.3 cm³/mol. The maximum absolute atomic E-state index is 12.5. The number of aromatic amines is 1. The van der Waals surface area contributed by atoms with Crippen LogP contribution in [-0.2, 0) is 12.8 Å². The Hall–Kier alpha value is -2.51. The summed E-state index contributed by atoms with van der Waals surface area (Å²) in [6, 6.07) is 4.33. The molecule has 0 radical (unpaired) electrons. The summed E-state index contributed by atoms with van der Waals surface area (Å²) in [5.74, 6) is -1.20. The van der Waals surface area contributed by atoms with E-state index in [1.54, 1.807) is 0 Å². The maximum atomic E-state index is 12.5. The molecule has 0 fully saturated rings. The number of nitrogens with zero attached hydrogens (tertiary/aromatic N) is 1. The highest BCUT2D eigenvalue weighted by atomic mass is 19.4. The summed E-state index contributed by atoms with van der Waals surface area (Å²) in [7, 11) is 0. The lowest BCUT2D eigenvalue weighted by molar-refractivity contribution is -0.137. The van der Waals surface area contributed by atoms with Crippen LogP contribution in [-0.4, -0.2) is 21.3 Å². The number of nitrogens with one attached hydrogen (secondary N) is 1. The van der Waals surface area contributed by atoms with Crippen molar-refractivity contribution >= 4 is 5.97 Å². The van der Waals surface area contributed by atoms with Gasteiger partial charge in [-0.1, -0.05) is 6.07 Å². The first-order chi connectivity index (χ1) is 9.38. The van der Waals surface area contributed by atoms with Crippen LogP contribution in [0.25, 0.3) is 0 Å². The minimum absolute atomic E-state index is 0.00855. The maximum Gasteiger partial charge on any atom is 0.416 e. The fourth-order valence-electron chi connectivity index (χ4n) is 1.52. The number of aromatic carboxylic acids is 1. The lowest BCUT2D eigenvalue weighted by Crippen LogP contribution is -2.06. The lowest BCUT2D eigenvalue weighted by Gasteiger charge is -2.09. The van der Waals surface area contributed by atoms with Crippen LogP contribution in [0, 0.1) is 0 Å². The standard InChI is InChI=1S/C12H9F3N2O3/c13-12(14,15)7-2-1-3-8(4-7)20-6-10-9(11(18)19)5-16-17-10/h1-5H,6H2,(H,16,17)(H,18,19). The fraction of sp³-hybridized carbons (Fsp3) is 0.167. The second-order valence-electron chi connectivity index (χ2n) is 3.88. The Bertz CT molecular complexity index is 622. The number of aromatic nitrogens is 2. The zero-order valence-corrected chi connectivity index (χ0v) is 9.94. The number of hydrogen-bond acceptors (Lipinski definition) is 3. The molecule has 2 aromatic rings. The Kier molecular flexibility index (Phi) is 3.64. The van der Waals surface area contributed by atoms with Crippen LogP contribution in [0.1, 0.15) is 21.6 Å². The third kappa shape index (κ3) is 3.08. The minimum Gasteiger partial charge on any atom is -0.487 e. The van der Waals surface area contributed by atoms with E-state index in [0.717, 1.165) is 18.3 Å². The Labute approximate surface area is 111 Å². The van der Waals surface area contributed by atoms with Crippen molar-refractivity contribution in [1.82, 2.24) is 10.2 Å². The summed E-state index contributed by atoms with van der Waals surface area (Å²) in [5.41, 5.74) is -0.745. The van der Waals surface area contributed by atoms with Gasteiger partial charge in [0, 0.05) is 0 Å². The molecule has 0 spiro atoms. The number of alkyl halides is 3. The second kappa shape index (κ2) is 5.24. The molecule has 0 saturated carbocycles. The van der Waals surface area contributed by atoms with E-state index in [1.165, 1.54) is 12.1 Å². The number of hydrogen-bond donors (Lipinski definition) is 2. The minimum atomic E-state index is -4.46. The van der Waals surface area contributed by atoms with Gasteiger partial charge in [0.2, 0.25) is 0 Å². The molecule has 0 saturated heterocycles. The van der Waals surface area contributed by atoms with Crippen LogP contribution < -0.4 is 4.74 Å². The van der Waals surface area contributed by atoms with E-state index in [2.05, 4.69) is 10.2 Å². The summed E-state index contributed by atoms with van der Waals surface area (Å²) in [4.78, 5) is 10.8. The van der Waals surface area contributed by atoms with Gasteiger partial charge >= 0.3 is 12.1 Å². The van der Waals surface area contributed by atoms with Crippen molar-refractivity contribution in [2.75, 3.05) is 0 Å². The molecule has 0 aliphatic carbocycles. The predicted octanol–water partition coefficient (Wildman–Crippen LogP) is 2.71. The van der Waals surface area contributed by atoms with Crippen LogP contribution in [0.3, 0.4) is 0 Å². The first kappa shape index (κ1) is 13.9. The summed E-state index contributed by atoms with van der Waals surface area (Å²) in [5, 5.41) is 14.8. The number of carboxylic acids is 1. The highest BCUT2D eigenvalue weighted by molar-refractivity contribution is 5.88. The summed E-state index contributed by atoms with van der Waals surface area (Å²) in [6.07, 6.45) is -3.35. The van der Waals surface area contributed by atoms with Gasteiger partial charge in [0.05, 0.1) is 17.5 Å². The molecule has 1 aromatic carbocycles. The quantitative estimate of drug-likeness (QED) is 0.906. The lowest BCUT2D eigenvalue weighted by atomic mass is 10.2. The zero-order valence-electron chi connectivity index (χ0n) is 9.94. The highest BCUT2D eigenvalue weighted by Crippen LogP contribution is 2.31. The van der Waals surface area contributed by atoms with Crippen LogP contribution in [0.5, 0.6) is 5.75 Å². The smallest absolute Gasteiger partial charge is 0.416 e. The van der Waals surface area contributed by atoms with E-state index < -0.39 is 17.7 Å². The zero-order chi connectivity index (χ0) is 14.8. The van der Waals surface area contributed by atoms with Crippen molar-refractivity contribution in [3.05, 3.63) is 47.3 Å². The van der Waals surface area contributed by atoms with E-state index in [4.69, 9.17) is 9.84 Å². The van der Waals surface area contributed by atoms with E-state index in [1.807, 2.05) is 0 Å². The van der Waals surface area contributed by atoms with Crippen LogP contribution in [0.4, 0.5) is 13.2 Å². The van der Waals surface area contributed by atoms with E-state index in [9.17, 15) is 18.0 Å². The van der Waals surface area contributed by atoms with Gasteiger partial charge in [-0.2, -0.15) is 18.3 Å². The van der Waals surface area contributed by atoms with Crippen LogP contribution in [0.2, 0.25) is 0 Å². The SMILES string of the molecule is O=C(O)c1cn[nH]c1COc1cccc(C(F)(F)F)c1. The number of rotatable bonds is 4. The molecule has 2 rings (SSSR count). The number of H-pyrrole nitrogens is 1. The van der Waals surface area contributed by atoms with Gasteiger partial charge in [-0.3, -0.25) is 5.10 Å². The van der Waals surface area contributed by atoms with E-state index in [0.29, 0.717) is 0 Å². The van der Waals surface area contributed by atoms with E-state index in [-0.39, 0.29) is 23.6 Å². The molecule has 0 aliphatic heterocycles. The number of benzene rings is 1. The Balaban J connectivity index is 2.11. The topological polar surface area (TPSA) is 75.2 Å². The fourth-order valence-corrected chi connectivity index (χ4v) is 1.52. The van der Waals surface area contributed by atoms with Gasteiger partial charge in [-0.05, 0) is 18.2 Å². The largest absolute Gasteiger partial charge is 0.487 e. The van der Waals surface area contributed by atoms with Crippen LogP contribution >= 0.6 is 0 Å². The summed E-state index contributed by atoms with van der Waals surface area (Å²) < 4.78 is 42.6. The molecular formula is C12H9F3N2O3. The second-order valence-corrected chi connectivity index (χ2v) is 3.88. The monoisotopic (exact) mass is 286 g/mol. The van der Waals surface area contributed by atoms with Crippen molar-refractivity contribution in [2.24, 2.45) is 0 Å². The molecule has 1 aromatic heterocycles. The average Bonchev–Trinajstić information content (AvgIpc) is 2.84. The molecule has 106 valence electrons. The molecule has 2 N–H and O–H groups in total. The summed E-state index contributed by atoms with van der Waals surface area (Å²) in [6.45, 7) is -0.219.